The first-order valence-electron chi connectivity index (χ1n) is 11.1. The first-order chi connectivity index (χ1) is 16.6. The minimum atomic E-state index is -3.84. The zero-order valence-electron chi connectivity index (χ0n) is 20.8. The normalized spacial score (nSPS) is 15.9. The van der Waals surface area contributed by atoms with Crippen LogP contribution in [0.1, 0.15) is 50.4 Å². The topological polar surface area (TPSA) is 132 Å². The minimum Gasteiger partial charge on any atom is -0.491 e. The number of anilines is 1. The predicted octanol–water partition coefficient (Wildman–Crippen LogP) is 1.97. The first-order valence-corrected chi connectivity index (χ1v) is 11.7. The van der Waals surface area contributed by atoms with Gasteiger partial charge in [0, 0.05) is 13.2 Å². The van der Waals surface area contributed by atoms with E-state index in [4.69, 9.17) is 13.6 Å². The van der Waals surface area contributed by atoms with Crippen LogP contribution in [0.5, 0.6) is 11.6 Å². The number of carbonyl (C=O) groups excluding carboxylic acids is 3. The van der Waals surface area contributed by atoms with Gasteiger partial charge in [0.15, 0.2) is 5.75 Å². The highest BCUT2D eigenvalue weighted by Gasteiger charge is 2.44. The molecule has 1 aliphatic rings. The van der Waals surface area contributed by atoms with Crippen LogP contribution in [-0.2, 0) is 14.6 Å². The molecule has 12 heteroatoms. The number of fused-ring (bicyclic) bond motifs is 1. The summed E-state index contributed by atoms with van der Waals surface area (Å²) in [6, 6.07) is 2.53. The van der Waals surface area contributed by atoms with Gasteiger partial charge in [-0.1, -0.05) is 0 Å². The van der Waals surface area contributed by atoms with E-state index in [2.05, 4.69) is 10.3 Å². The number of halogens is 1. The van der Waals surface area contributed by atoms with Crippen LogP contribution < -0.4 is 14.8 Å². The summed E-state index contributed by atoms with van der Waals surface area (Å²) in [6.45, 7) is 2.76. The predicted molar refractivity (Wildman–Crippen MR) is 116 cm³/mol. The Labute approximate surface area is 193 Å². The molecular weight excluding hydrogens is 457 g/mol. The van der Waals surface area contributed by atoms with E-state index in [-0.39, 0.29) is 40.7 Å². The molecule has 0 unspecified atom stereocenters. The van der Waals surface area contributed by atoms with Gasteiger partial charge >= 0.3 is 0 Å². The molecule has 0 radical (unpaired) electrons. The highest BCUT2D eigenvalue weighted by molar-refractivity contribution is 7.90. The summed E-state index contributed by atoms with van der Waals surface area (Å²) in [5.41, 5.74) is -1.05. The molecular formula is C21H22FN3O7S. The van der Waals surface area contributed by atoms with E-state index in [0.717, 1.165) is 31.4 Å². The van der Waals surface area contributed by atoms with E-state index in [9.17, 15) is 27.2 Å². The Kier molecular flexibility index (Phi) is 5.56. The Morgan fingerprint density at radius 1 is 1.30 bits per heavy atom. The third kappa shape index (κ3) is 4.95. The van der Waals surface area contributed by atoms with Crippen molar-refractivity contribution >= 4 is 33.2 Å². The van der Waals surface area contributed by atoms with Crippen molar-refractivity contribution in [3.05, 3.63) is 46.9 Å². The molecule has 3 amide bonds. The Morgan fingerprint density at radius 3 is 2.64 bits per heavy atom. The number of carbonyl (C=O) groups is 3. The van der Waals surface area contributed by atoms with E-state index in [0.29, 0.717) is 4.90 Å². The second-order valence-electron chi connectivity index (χ2n) is 7.22. The highest BCUT2D eigenvalue weighted by Crippen LogP contribution is 2.37. The Hall–Kier alpha value is -3.54. The summed E-state index contributed by atoms with van der Waals surface area (Å²) in [4.78, 5) is 42.9. The molecule has 176 valence electrons. The van der Waals surface area contributed by atoms with Crippen LogP contribution in [0.2, 0.25) is 0 Å². The third-order valence-electron chi connectivity index (χ3n) is 4.65. The monoisotopic (exact) mass is 482 g/mol. The maximum atomic E-state index is 14.2. The van der Waals surface area contributed by atoms with Crippen molar-refractivity contribution in [2.24, 2.45) is 0 Å². The average Bonchev–Trinajstić information content (AvgIpc) is 2.95. The Morgan fingerprint density at radius 2 is 2.03 bits per heavy atom. The van der Waals surface area contributed by atoms with Crippen LogP contribution in [-0.4, -0.2) is 61.7 Å². The van der Waals surface area contributed by atoms with E-state index in [1.807, 2.05) is 0 Å². The van der Waals surface area contributed by atoms with Crippen LogP contribution in [0, 0.1) is 5.82 Å². The van der Waals surface area contributed by atoms with Crippen molar-refractivity contribution in [3.8, 4) is 11.6 Å². The van der Waals surface area contributed by atoms with E-state index in [1.54, 1.807) is 6.92 Å². The van der Waals surface area contributed by atoms with E-state index in [1.165, 1.54) is 6.07 Å². The summed E-state index contributed by atoms with van der Waals surface area (Å²) in [6.07, 6.45) is 0.885. The lowest BCUT2D eigenvalue weighted by atomic mass is 10.1. The van der Waals surface area contributed by atoms with Gasteiger partial charge in [-0.2, -0.15) is 0 Å². The smallest absolute Gasteiger partial charge is 0.264 e. The lowest BCUT2D eigenvalue weighted by molar-refractivity contribution is -0.114. The minimum absolute atomic E-state index is 0.0386. The van der Waals surface area contributed by atoms with Crippen molar-refractivity contribution < 1.29 is 40.8 Å². The number of aromatic nitrogens is 1. The van der Waals surface area contributed by atoms with E-state index >= 15 is 0 Å². The molecule has 2 aromatic rings. The maximum absolute atomic E-state index is 14.2. The molecule has 0 bridgehead atoms. The quantitative estimate of drug-likeness (QED) is 0.565. The van der Waals surface area contributed by atoms with Crippen molar-refractivity contribution in [1.29, 1.82) is 0 Å². The summed E-state index contributed by atoms with van der Waals surface area (Å²) >= 11 is 0. The zero-order chi connectivity index (χ0) is 27.0. The number of hydrogen-bond acceptors (Lipinski definition) is 8. The molecule has 1 aromatic carbocycles. The fourth-order valence-electron chi connectivity index (χ4n) is 3.44. The number of rotatable bonds is 8. The Balaban J connectivity index is 2.15. The van der Waals surface area contributed by atoms with Crippen LogP contribution in [0.3, 0.4) is 0 Å². The molecule has 0 fully saturated rings. The summed E-state index contributed by atoms with van der Waals surface area (Å²) in [5, 5.41) is 2.30. The summed E-state index contributed by atoms with van der Waals surface area (Å²) in [5.74, 6) is -4.83. The van der Waals surface area contributed by atoms with Gasteiger partial charge in [-0.3, -0.25) is 19.3 Å². The van der Waals surface area contributed by atoms with Crippen LogP contribution in [0.15, 0.2) is 24.3 Å². The van der Waals surface area contributed by atoms with Gasteiger partial charge in [-0.25, -0.2) is 17.8 Å². The van der Waals surface area contributed by atoms with Gasteiger partial charge in [0.2, 0.25) is 5.91 Å². The number of pyridine rings is 1. The van der Waals surface area contributed by atoms with Gasteiger partial charge in [0.25, 0.3) is 17.7 Å². The zero-order valence-corrected chi connectivity index (χ0v) is 18.7. The number of hydrogen-bond donors (Lipinski definition) is 1. The SMILES string of the molecule is [2H]C([2H])([2H])Oc1ccc([C@H](CS(C)(=O)=O)N2C(=O)c3cc(F)cc(NC(C)=O)c3C2=O)nc1OCC. The Bertz CT molecular complexity index is 1350. The molecule has 2 heterocycles. The molecule has 0 spiro atoms. The van der Waals surface area contributed by atoms with Crippen molar-refractivity contribution in [1.82, 2.24) is 9.88 Å². The van der Waals surface area contributed by atoms with Crippen molar-refractivity contribution in [3.63, 3.8) is 0 Å². The number of nitrogens with one attached hydrogen (secondary N) is 1. The molecule has 1 aliphatic heterocycles. The molecule has 10 nitrogen and oxygen atoms in total. The number of benzene rings is 1. The molecule has 33 heavy (non-hydrogen) atoms. The number of sulfone groups is 1. The second-order valence-corrected chi connectivity index (χ2v) is 9.40. The van der Waals surface area contributed by atoms with Gasteiger partial charge in [0.1, 0.15) is 15.7 Å². The molecule has 1 atom stereocenters. The fraction of sp³-hybridized carbons (Fsp3) is 0.333. The second kappa shape index (κ2) is 9.14. The van der Waals surface area contributed by atoms with Crippen LogP contribution >= 0.6 is 0 Å². The molecule has 1 N–H and O–H groups in total. The van der Waals surface area contributed by atoms with Gasteiger partial charge in [-0.15, -0.1) is 0 Å². The largest absolute Gasteiger partial charge is 0.491 e. The maximum Gasteiger partial charge on any atom is 0.264 e. The molecule has 0 aliphatic carbocycles. The number of ether oxygens (including phenoxy) is 2. The number of amides is 3. The molecule has 0 saturated heterocycles. The lowest BCUT2D eigenvalue weighted by Gasteiger charge is -2.26. The van der Waals surface area contributed by atoms with Gasteiger partial charge in [0.05, 0.1) is 52.1 Å². The molecule has 1 aromatic heterocycles. The van der Waals surface area contributed by atoms with Crippen LogP contribution in [0.25, 0.3) is 0 Å². The highest BCUT2D eigenvalue weighted by atomic mass is 32.2. The van der Waals surface area contributed by atoms with Gasteiger partial charge in [-0.05, 0) is 31.2 Å². The third-order valence-corrected chi connectivity index (χ3v) is 5.57. The number of imide groups is 1. The standard InChI is InChI=1S/C21H22FN3O7S/c1-5-32-19-17(31-3)7-6-14(24-19)16(10-33(4,29)30)25-20(27)13-8-12(22)9-15(23-11(2)26)18(13)21(25)28/h6-9,16H,5,10H2,1-4H3,(H,23,26)/t16-/m0/s1/i3D3. The van der Waals surface area contributed by atoms with Crippen molar-refractivity contribution in [2.75, 3.05) is 31.0 Å². The summed E-state index contributed by atoms with van der Waals surface area (Å²) in [7, 11) is -6.68. The lowest BCUT2D eigenvalue weighted by Crippen LogP contribution is -2.38. The number of methoxy groups -OCH3 is 1. The van der Waals surface area contributed by atoms with Crippen LogP contribution in [0.4, 0.5) is 10.1 Å². The molecule has 3 rings (SSSR count). The number of nitrogens with zero attached hydrogens (tertiary/aromatic N) is 2. The molecule has 0 saturated carbocycles. The summed E-state index contributed by atoms with van der Waals surface area (Å²) < 4.78 is 70.8. The van der Waals surface area contributed by atoms with Gasteiger partial charge < -0.3 is 14.8 Å². The fourth-order valence-corrected chi connectivity index (χ4v) is 4.34. The first kappa shape index (κ1) is 20.1. The average molecular weight is 483 g/mol. The van der Waals surface area contributed by atoms with Crippen molar-refractivity contribution in [2.45, 2.75) is 19.9 Å². The van der Waals surface area contributed by atoms with E-state index < -0.39 is 52.2 Å².